The van der Waals surface area contributed by atoms with Gasteiger partial charge in [-0.05, 0) is 45.8 Å². The van der Waals surface area contributed by atoms with Crippen LogP contribution in [0.2, 0.25) is 0 Å². The lowest BCUT2D eigenvalue weighted by molar-refractivity contribution is 0.0730. The molecule has 8 heteroatoms. The van der Waals surface area contributed by atoms with Crippen LogP contribution in [0.4, 0.5) is 0 Å². The first kappa shape index (κ1) is 22.2. The Morgan fingerprint density at radius 2 is 1.53 bits per heavy atom. The van der Waals surface area contributed by atoms with Gasteiger partial charge < -0.3 is 4.74 Å². The fourth-order valence-electron chi connectivity index (χ4n) is 4.14. The zero-order valence-electron chi connectivity index (χ0n) is 18.3. The van der Waals surface area contributed by atoms with Crippen molar-refractivity contribution in [1.29, 1.82) is 0 Å². The van der Waals surface area contributed by atoms with Crippen molar-refractivity contribution in [3.63, 3.8) is 0 Å². The quantitative estimate of drug-likeness (QED) is 0.271. The highest BCUT2D eigenvalue weighted by molar-refractivity contribution is 7.89. The standard InChI is InChI=1S/C26H23N3O4S/c30-26(21-8-5-9-22(17-21)34(31,32)29-12-14-33-15-13-29)28-27-18-25-23-10-3-1-6-19(23)16-20-7-2-4-11-24(20)25/h1-11,16-18H,12-15H2,(H,28,30)/b27-18+. The van der Waals surface area contributed by atoms with E-state index >= 15 is 0 Å². The van der Waals surface area contributed by atoms with Crippen molar-refractivity contribution in [3.8, 4) is 0 Å². The number of carbonyl (C=O) groups is 1. The number of hydrogen-bond acceptors (Lipinski definition) is 5. The van der Waals surface area contributed by atoms with E-state index in [0.717, 1.165) is 27.1 Å². The smallest absolute Gasteiger partial charge is 0.271 e. The van der Waals surface area contributed by atoms with Crippen molar-refractivity contribution in [2.45, 2.75) is 4.90 Å². The first-order valence-corrected chi connectivity index (χ1v) is 12.4. The van der Waals surface area contributed by atoms with Crippen LogP contribution in [0.15, 0.2) is 88.9 Å². The molecule has 1 saturated heterocycles. The van der Waals surface area contributed by atoms with Crippen LogP contribution < -0.4 is 5.43 Å². The van der Waals surface area contributed by atoms with Crippen molar-refractivity contribution >= 4 is 43.7 Å². The van der Waals surface area contributed by atoms with Crippen molar-refractivity contribution in [3.05, 3.63) is 90.0 Å². The first-order valence-electron chi connectivity index (χ1n) is 11.0. The zero-order chi connectivity index (χ0) is 23.5. The molecule has 7 nitrogen and oxygen atoms in total. The number of rotatable bonds is 5. The number of hydrogen-bond donors (Lipinski definition) is 1. The largest absolute Gasteiger partial charge is 0.379 e. The number of hydrazone groups is 1. The van der Waals surface area contributed by atoms with E-state index in [1.54, 1.807) is 18.3 Å². The molecular formula is C26H23N3O4S. The molecular weight excluding hydrogens is 450 g/mol. The van der Waals surface area contributed by atoms with Crippen LogP contribution in [0.5, 0.6) is 0 Å². The average Bonchev–Trinajstić information content (AvgIpc) is 2.88. The predicted octanol–water partition coefficient (Wildman–Crippen LogP) is 3.78. The number of carbonyl (C=O) groups excluding carboxylic acids is 1. The minimum absolute atomic E-state index is 0.0751. The number of nitrogens with one attached hydrogen (secondary N) is 1. The molecule has 1 aliphatic heterocycles. The highest BCUT2D eigenvalue weighted by atomic mass is 32.2. The molecule has 1 N–H and O–H groups in total. The number of nitrogens with zero attached hydrogens (tertiary/aromatic N) is 2. The van der Waals surface area contributed by atoms with E-state index < -0.39 is 15.9 Å². The normalized spacial score (nSPS) is 15.2. The van der Waals surface area contributed by atoms with Crippen molar-refractivity contribution in [2.24, 2.45) is 5.10 Å². The number of fused-ring (bicyclic) bond motifs is 2. The van der Waals surface area contributed by atoms with Crippen LogP contribution in [0, 0.1) is 0 Å². The number of ether oxygens (including phenoxy) is 1. The lowest BCUT2D eigenvalue weighted by Crippen LogP contribution is -2.40. The maximum Gasteiger partial charge on any atom is 0.271 e. The summed E-state index contributed by atoms with van der Waals surface area (Å²) in [6, 6.07) is 24.1. The van der Waals surface area contributed by atoms with E-state index in [2.05, 4.69) is 16.6 Å². The molecule has 172 valence electrons. The van der Waals surface area contributed by atoms with E-state index in [0.29, 0.717) is 26.3 Å². The molecule has 0 bridgehead atoms. The highest BCUT2D eigenvalue weighted by Crippen LogP contribution is 2.27. The van der Waals surface area contributed by atoms with E-state index in [1.165, 1.54) is 16.4 Å². The van der Waals surface area contributed by atoms with Gasteiger partial charge in [-0.15, -0.1) is 0 Å². The van der Waals surface area contributed by atoms with Gasteiger partial charge in [-0.2, -0.15) is 9.41 Å². The average molecular weight is 474 g/mol. The van der Waals surface area contributed by atoms with Crippen LogP contribution in [0.25, 0.3) is 21.5 Å². The highest BCUT2D eigenvalue weighted by Gasteiger charge is 2.26. The van der Waals surface area contributed by atoms with Gasteiger partial charge in [-0.25, -0.2) is 13.8 Å². The van der Waals surface area contributed by atoms with Gasteiger partial charge in [0.25, 0.3) is 5.91 Å². The van der Waals surface area contributed by atoms with Gasteiger partial charge in [0.05, 0.1) is 24.3 Å². The Labute approximate surface area is 197 Å². The van der Waals surface area contributed by atoms with Crippen molar-refractivity contribution in [2.75, 3.05) is 26.3 Å². The minimum atomic E-state index is -3.70. The summed E-state index contributed by atoms with van der Waals surface area (Å²) in [6.07, 6.45) is 1.64. The summed E-state index contributed by atoms with van der Waals surface area (Å²) >= 11 is 0. The molecule has 34 heavy (non-hydrogen) atoms. The van der Waals surface area contributed by atoms with E-state index in [9.17, 15) is 13.2 Å². The number of benzene rings is 4. The topological polar surface area (TPSA) is 88.1 Å². The van der Waals surface area contributed by atoms with Gasteiger partial charge in [0, 0.05) is 24.2 Å². The molecule has 0 atom stereocenters. The summed E-state index contributed by atoms with van der Waals surface area (Å²) in [5.41, 5.74) is 3.65. The Bertz CT molecular complexity index is 1460. The van der Waals surface area contributed by atoms with Gasteiger partial charge in [0.15, 0.2) is 0 Å². The molecule has 5 rings (SSSR count). The first-order chi connectivity index (χ1) is 16.5. The summed E-state index contributed by atoms with van der Waals surface area (Å²) in [5, 5.41) is 8.41. The molecule has 1 fully saturated rings. The fraction of sp³-hybridized carbons (Fsp3) is 0.154. The summed E-state index contributed by atoms with van der Waals surface area (Å²) < 4.78 is 32.5. The molecule has 0 saturated carbocycles. The molecule has 0 unspecified atom stereocenters. The lowest BCUT2D eigenvalue weighted by Gasteiger charge is -2.26. The molecule has 0 aromatic heterocycles. The van der Waals surface area contributed by atoms with Crippen LogP contribution >= 0.6 is 0 Å². The Morgan fingerprint density at radius 3 is 2.21 bits per heavy atom. The van der Waals surface area contributed by atoms with Gasteiger partial charge in [0.1, 0.15) is 0 Å². The molecule has 1 heterocycles. The van der Waals surface area contributed by atoms with Crippen LogP contribution in [0.3, 0.4) is 0 Å². The van der Waals surface area contributed by atoms with Crippen molar-refractivity contribution < 1.29 is 17.9 Å². The number of morpholine rings is 1. The molecule has 4 aromatic carbocycles. The maximum atomic E-state index is 12.9. The van der Waals surface area contributed by atoms with Gasteiger partial charge in [-0.3, -0.25) is 4.79 Å². The van der Waals surface area contributed by atoms with Crippen LogP contribution in [-0.4, -0.2) is 51.1 Å². The van der Waals surface area contributed by atoms with Gasteiger partial charge in [-0.1, -0.05) is 54.6 Å². The van der Waals surface area contributed by atoms with E-state index in [-0.39, 0.29) is 10.5 Å². The SMILES string of the molecule is O=C(N/N=C/c1c2ccccc2cc2ccccc12)c1cccc(S(=O)(=O)N2CCOCC2)c1. The predicted molar refractivity (Wildman–Crippen MR) is 133 cm³/mol. The molecule has 0 spiro atoms. The Hall–Kier alpha value is -3.59. The maximum absolute atomic E-state index is 12.9. The molecule has 0 radical (unpaired) electrons. The summed E-state index contributed by atoms with van der Waals surface area (Å²) in [4.78, 5) is 12.8. The minimum Gasteiger partial charge on any atom is -0.379 e. The van der Waals surface area contributed by atoms with Crippen LogP contribution in [-0.2, 0) is 14.8 Å². The second-order valence-corrected chi connectivity index (χ2v) is 9.91. The van der Waals surface area contributed by atoms with Crippen LogP contribution in [0.1, 0.15) is 15.9 Å². The van der Waals surface area contributed by atoms with E-state index in [4.69, 9.17) is 4.74 Å². The van der Waals surface area contributed by atoms with Gasteiger partial charge in [0.2, 0.25) is 10.0 Å². The third kappa shape index (κ3) is 4.31. The monoisotopic (exact) mass is 473 g/mol. The Morgan fingerprint density at radius 1 is 0.882 bits per heavy atom. The molecule has 4 aromatic rings. The summed E-state index contributed by atoms with van der Waals surface area (Å²) in [7, 11) is -3.70. The number of sulfonamides is 1. The second-order valence-electron chi connectivity index (χ2n) is 7.98. The van der Waals surface area contributed by atoms with E-state index in [1.807, 2.05) is 48.5 Å². The molecule has 0 aliphatic carbocycles. The third-order valence-electron chi connectivity index (χ3n) is 5.88. The second kappa shape index (κ2) is 9.34. The Kier molecular flexibility index (Phi) is 6.10. The number of amides is 1. The third-order valence-corrected chi connectivity index (χ3v) is 7.77. The van der Waals surface area contributed by atoms with Crippen molar-refractivity contribution in [1.82, 2.24) is 9.73 Å². The molecule has 1 aliphatic rings. The fourth-order valence-corrected chi connectivity index (χ4v) is 5.60. The molecule has 1 amide bonds. The summed E-state index contributed by atoms with van der Waals surface area (Å²) in [5.74, 6) is -0.486. The van der Waals surface area contributed by atoms with Gasteiger partial charge >= 0.3 is 0 Å². The zero-order valence-corrected chi connectivity index (χ0v) is 19.2. The summed E-state index contributed by atoms with van der Waals surface area (Å²) in [6.45, 7) is 1.30. The lowest BCUT2D eigenvalue weighted by atomic mass is 9.97. The Balaban J connectivity index is 1.40.